The van der Waals surface area contributed by atoms with E-state index in [1.165, 1.54) is 18.2 Å². The van der Waals surface area contributed by atoms with Crippen molar-refractivity contribution in [2.24, 2.45) is 5.92 Å². The van der Waals surface area contributed by atoms with Gasteiger partial charge in [-0.1, -0.05) is 12.5 Å². The van der Waals surface area contributed by atoms with Crippen LogP contribution in [0.3, 0.4) is 0 Å². The second-order valence-electron chi connectivity index (χ2n) is 5.01. The van der Waals surface area contributed by atoms with Gasteiger partial charge in [0.05, 0.1) is 9.79 Å². The van der Waals surface area contributed by atoms with Crippen molar-refractivity contribution in [1.82, 2.24) is 4.72 Å². The predicted molar refractivity (Wildman–Crippen MR) is 76.6 cm³/mol. The van der Waals surface area contributed by atoms with Crippen molar-refractivity contribution in [2.75, 3.05) is 0 Å². The van der Waals surface area contributed by atoms with Gasteiger partial charge in [-0.25, -0.2) is 21.6 Å². The van der Waals surface area contributed by atoms with Crippen LogP contribution in [-0.2, 0) is 19.1 Å². The molecule has 112 valence electrons. The quantitative estimate of drug-likeness (QED) is 0.834. The Bertz CT molecular complexity index is 696. The first kappa shape index (κ1) is 15.8. The highest BCUT2D eigenvalue weighted by molar-refractivity contribution is 8.13. The van der Waals surface area contributed by atoms with E-state index in [2.05, 4.69) is 4.72 Å². The molecule has 0 heterocycles. The van der Waals surface area contributed by atoms with Crippen molar-refractivity contribution in [3.05, 3.63) is 24.3 Å². The largest absolute Gasteiger partial charge is 0.261 e. The molecule has 1 aromatic carbocycles. The molecule has 1 aromatic rings. The lowest BCUT2D eigenvalue weighted by Gasteiger charge is -2.31. The molecular formula is C12H16ClNO4S2. The minimum absolute atomic E-state index is 0.0922. The topological polar surface area (TPSA) is 80.3 Å². The maximum absolute atomic E-state index is 12.2. The van der Waals surface area contributed by atoms with E-state index in [0.29, 0.717) is 5.92 Å². The van der Waals surface area contributed by atoms with E-state index >= 15 is 0 Å². The molecule has 1 saturated carbocycles. The Morgan fingerprint density at radius 2 is 1.80 bits per heavy atom. The molecule has 5 nitrogen and oxygen atoms in total. The summed E-state index contributed by atoms with van der Waals surface area (Å²) in [5, 5.41) is 0. The molecule has 1 N–H and O–H groups in total. The average molecular weight is 338 g/mol. The van der Waals surface area contributed by atoms with Crippen LogP contribution in [-0.4, -0.2) is 22.9 Å². The molecule has 2 rings (SSSR count). The SMILES string of the molecule is CC(NS(=O)(=O)c1cccc(S(=O)(=O)Cl)c1)C1CCC1. The molecule has 1 aliphatic carbocycles. The number of hydrogen-bond donors (Lipinski definition) is 1. The third-order valence-electron chi connectivity index (χ3n) is 3.60. The standard InChI is InChI=1S/C12H16ClNO4S2/c1-9(10-4-2-5-10)14-20(17,18)12-7-3-6-11(8-12)19(13,15)16/h3,6-10,14H,2,4-5H2,1H3. The van der Waals surface area contributed by atoms with E-state index in [0.717, 1.165) is 25.3 Å². The van der Waals surface area contributed by atoms with Gasteiger partial charge in [-0.15, -0.1) is 0 Å². The first-order chi connectivity index (χ1) is 9.20. The number of sulfonamides is 1. The molecule has 0 aliphatic heterocycles. The van der Waals surface area contributed by atoms with Crippen LogP contribution < -0.4 is 4.72 Å². The summed E-state index contributed by atoms with van der Waals surface area (Å²) in [6.45, 7) is 1.82. The second kappa shape index (κ2) is 5.63. The lowest BCUT2D eigenvalue weighted by Crippen LogP contribution is -2.40. The van der Waals surface area contributed by atoms with Crippen LogP contribution in [0.2, 0.25) is 0 Å². The molecule has 1 atom stereocenters. The lowest BCUT2D eigenvalue weighted by molar-refractivity contribution is 0.260. The van der Waals surface area contributed by atoms with Gasteiger partial charge in [0.2, 0.25) is 10.0 Å². The Kier molecular flexibility index (Phi) is 4.44. The van der Waals surface area contributed by atoms with E-state index in [9.17, 15) is 16.8 Å². The fourth-order valence-corrected chi connectivity index (χ4v) is 4.37. The van der Waals surface area contributed by atoms with E-state index < -0.39 is 19.1 Å². The maximum Gasteiger partial charge on any atom is 0.261 e. The van der Waals surface area contributed by atoms with Crippen LogP contribution in [0.5, 0.6) is 0 Å². The van der Waals surface area contributed by atoms with Crippen LogP contribution in [0.1, 0.15) is 26.2 Å². The number of benzene rings is 1. The van der Waals surface area contributed by atoms with Crippen LogP contribution in [0, 0.1) is 5.92 Å². The van der Waals surface area contributed by atoms with Crippen molar-refractivity contribution >= 4 is 29.8 Å². The average Bonchev–Trinajstić information content (AvgIpc) is 2.24. The highest BCUT2D eigenvalue weighted by Gasteiger charge is 2.28. The van der Waals surface area contributed by atoms with Crippen molar-refractivity contribution in [1.29, 1.82) is 0 Å². The summed E-state index contributed by atoms with van der Waals surface area (Å²) < 4.78 is 49.5. The zero-order chi connectivity index (χ0) is 15.0. The Morgan fingerprint density at radius 1 is 1.20 bits per heavy atom. The molecule has 20 heavy (non-hydrogen) atoms. The summed E-state index contributed by atoms with van der Waals surface area (Å²) in [6, 6.07) is 4.87. The molecule has 0 aromatic heterocycles. The van der Waals surface area contributed by atoms with E-state index in [4.69, 9.17) is 10.7 Å². The van der Waals surface area contributed by atoms with Crippen LogP contribution >= 0.6 is 10.7 Å². The van der Waals surface area contributed by atoms with Crippen LogP contribution in [0.25, 0.3) is 0 Å². The Balaban J connectivity index is 2.25. The smallest absolute Gasteiger partial charge is 0.208 e. The van der Waals surface area contributed by atoms with Crippen molar-refractivity contribution in [2.45, 2.75) is 42.0 Å². The van der Waals surface area contributed by atoms with Gasteiger partial charge < -0.3 is 0 Å². The third kappa shape index (κ3) is 3.52. The molecule has 8 heteroatoms. The van der Waals surface area contributed by atoms with Crippen molar-refractivity contribution in [3.63, 3.8) is 0 Å². The Labute approximate surface area is 123 Å². The van der Waals surface area contributed by atoms with Gasteiger partial charge in [0.1, 0.15) is 0 Å². The second-order valence-corrected chi connectivity index (χ2v) is 9.29. The highest BCUT2D eigenvalue weighted by atomic mass is 35.7. The summed E-state index contributed by atoms with van der Waals surface area (Å²) in [5.41, 5.74) is 0. The Morgan fingerprint density at radius 3 is 2.30 bits per heavy atom. The monoisotopic (exact) mass is 337 g/mol. The molecule has 1 aliphatic rings. The van der Waals surface area contributed by atoms with Gasteiger partial charge in [-0.3, -0.25) is 0 Å². The van der Waals surface area contributed by atoms with Gasteiger partial charge in [0.15, 0.2) is 0 Å². The summed E-state index contributed by atoms with van der Waals surface area (Å²) >= 11 is 0. The van der Waals surface area contributed by atoms with Crippen molar-refractivity contribution < 1.29 is 16.8 Å². The molecule has 0 bridgehead atoms. The zero-order valence-corrected chi connectivity index (χ0v) is 13.3. The molecule has 0 saturated heterocycles. The van der Waals surface area contributed by atoms with Gasteiger partial charge in [-0.05, 0) is 43.9 Å². The van der Waals surface area contributed by atoms with E-state index in [1.807, 2.05) is 6.92 Å². The molecule has 1 fully saturated rings. The molecule has 0 amide bonds. The summed E-state index contributed by atoms with van der Waals surface area (Å²) in [6.07, 6.45) is 3.15. The van der Waals surface area contributed by atoms with E-state index in [1.54, 1.807) is 0 Å². The van der Waals surface area contributed by atoms with Gasteiger partial charge >= 0.3 is 0 Å². The molecule has 0 radical (unpaired) electrons. The third-order valence-corrected chi connectivity index (χ3v) is 6.50. The molecule has 0 spiro atoms. The minimum Gasteiger partial charge on any atom is -0.208 e. The summed E-state index contributed by atoms with van der Waals surface area (Å²) in [5.74, 6) is 0.352. The Hall–Kier alpha value is -0.630. The fourth-order valence-electron chi connectivity index (χ4n) is 2.14. The fraction of sp³-hybridized carbons (Fsp3) is 0.500. The van der Waals surface area contributed by atoms with E-state index in [-0.39, 0.29) is 15.8 Å². The number of halogens is 1. The lowest BCUT2D eigenvalue weighted by atomic mass is 9.81. The zero-order valence-electron chi connectivity index (χ0n) is 10.9. The molecular weight excluding hydrogens is 322 g/mol. The van der Waals surface area contributed by atoms with Crippen molar-refractivity contribution in [3.8, 4) is 0 Å². The number of hydrogen-bond acceptors (Lipinski definition) is 4. The summed E-state index contributed by atoms with van der Waals surface area (Å²) in [4.78, 5) is -0.316. The normalized spacial score (nSPS) is 18.5. The predicted octanol–water partition coefficient (Wildman–Crippen LogP) is 2.08. The number of rotatable bonds is 5. The van der Waals surface area contributed by atoms with Gasteiger partial charge in [0, 0.05) is 16.7 Å². The van der Waals surface area contributed by atoms with Gasteiger partial charge in [-0.2, -0.15) is 0 Å². The first-order valence-corrected chi connectivity index (χ1v) is 10.1. The van der Waals surface area contributed by atoms with Crippen LogP contribution in [0.4, 0.5) is 0 Å². The van der Waals surface area contributed by atoms with Crippen LogP contribution in [0.15, 0.2) is 34.1 Å². The minimum atomic E-state index is -3.94. The number of nitrogens with one attached hydrogen (secondary N) is 1. The maximum atomic E-state index is 12.2. The molecule has 1 unspecified atom stereocenters. The first-order valence-electron chi connectivity index (χ1n) is 6.27. The summed E-state index contributed by atoms with van der Waals surface area (Å²) in [7, 11) is -2.46. The van der Waals surface area contributed by atoms with Gasteiger partial charge in [0.25, 0.3) is 9.05 Å². The highest BCUT2D eigenvalue weighted by Crippen LogP contribution is 2.30.